The van der Waals surface area contributed by atoms with Gasteiger partial charge in [-0.2, -0.15) is 5.26 Å². The maximum atomic E-state index is 13.7. The lowest BCUT2D eigenvalue weighted by Crippen LogP contribution is -2.33. The summed E-state index contributed by atoms with van der Waals surface area (Å²) in [6, 6.07) is 22.6. The largest absolute Gasteiger partial charge is 0.384 e. The van der Waals surface area contributed by atoms with Crippen LogP contribution in [0.15, 0.2) is 100 Å². The van der Waals surface area contributed by atoms with E-state index in [1.807, 2.05) is 48.6 Å². The van der Waals surface area contributed by atoms with Gasteiger partial charge in [0.2, 0.25) is 0 Å². The molecule has 1 heterocycles. The van der Waals surface area contributed by atoms with E-state index in [4.69, 9.17) is 0 Å². The number of hydrogen-bond acceptors (Lipinski definition) is 6. The zero-order chi connectivity index (χ0) is 33.9. The minimum absolute atomic E-state index is 0.0684. The van der Waals surface area contributed by atoms with Gasteiger partial charge in [-0.25, -0.2) is 0 Å². The van der Waals surface area contributed by atoms with Gasteiger partial charge in [0.25, 0.3) is 0 Å². The third-order valence-electron chi connectivity index (χ3n) is 9.06. The lowest BCUT2D eigenvalue weighted by atomic mass is 9.73. The maximum Gasteiger partial charge on any atom is 0.163 e. The van der Waals surface area contributed by atoms with Crippen LogP contribution in [-0.2, 0) is 16.6 Å². The summed E-state index contributed by atoms with van der Waals surface area (Å²) in [4.78, 5) is 28.4. The van der Waals surface area contributed by atoms with E-state index in [1.54, 1.807) is 11.8 Å². The van der Waals surface area contributed by atoms with Crippen LogP contribution in [0.2, 0.25) is 0 Å². The molecule has 5 rings (SSSR count). The molecule has 2 aliphatic rings. The summed E-state index contributed by atoms with van der Waals surface area (Å²) in [5.74, 6) is 0.0684. The van der Waals surface area contributed by atoms with Gasteiger partial charge in [-0.05, 0) is 78.8 Å². The summed E-state index contributed by atoms with van der Waals surface area (Å²) in [6.45, 7) is 7.88. The Morgan fingerprint density at radius 1 is 1.08 bits per heavy atom. The fourth-order valence-electron chi connectivity index (χ4n) is 6.50. The number of aryl methyl sites for hydroxylation is 1. The molecule has 0 saturated carbocycles. The summed E-state index contributed by atoms with van der Waals surface area (Å²) in [5, 5.41) is 17.3. The van der Waals surface area contributed by atoms with Crippen LogP contribution in [0.3, 0.4) is 0 Å². The van der Waals surface area contributed by atoms with Crippen LogP contribution < -0.4 is 20.7 Å². The molecule has 0 spiro atoms. The molecule has 1 atom stereocenters. The third kappa shape index (κ3) is 8.09. The molecule has 1 N–H and O–H groups in total. The van der Waals surface area contributed by atoms with Gasteiger partial charge in [0, 0.05) is 52.7 Å². The zero-order valence-electron chi connectivity index (χ0n) is 28.3. The molecule has 5 nitrogen and oxygen atoms in total. The second-order valence-corrected chi connectivity index (χ2v) is 13.7. The molecule has 0 saturated heterocycles. The molecule has 1 aliphatic carbocycles. The molecule has 1 aliphatic heterocycles. The van der Waals surface area contributed by atoms with Gasteiger partial charge >= 0.3 is 0 Å². The summed E-state index contributed by atoms with van der Waals surface area (Å²) in [7, 11) is 0. The number of aldehydes is 1. The van der Waals surface area contributed by atoms with Crippen molar-refractivity contribution >= 4 is 47.4 Å². The van der Waals surface area contributed by atoms with Crippen molar-refractivity contribution in [3.8, 4) is 6.07 Å². The monoisotopic (exact) mass is 655 g/mol. The minimum Gasteiger partial charge on any atom is -0.384 e. The number of fused-ring (bicyclic) bond motifs is 3. The van der Waals surface area contributed by atoms with Gasteiger partial charge in [0.05, 0.1) is 22.4 Å². The van der Waals surface area contributed by atoms with E-state index in [9.17, 15) is 14.9 Å². The molecule has 0 radical (unpaired) electrons. The number of hydrogen-bond donors (Lipinski definition) is 1. The molecule has 48 heavy (non-hydrogen) atoms. The molecule has 3 aromatic carbocycles. The number of thioether (sulfide) groups is 1. The topological polar surface area (TPSA) is 73.2 Å². The fraction of sp³-hybridized carbons (Fsp3) is 0.310. The quantitative estimate of drug-likeness (QED) is 0.0583. The van der Waals surface area contributed by atoms with Crippen molar-refractivity contribution in [2.45, 2.75) is 76.0 Å². The Balaban J connectivity index is 1.45. The van der Waals surface area contributed by atoms with Crippen LogP contribution in [-0.4, -0.2) is 25.2 Å². The second-order valence-electron chi connectivity index (χ2n) is 12.6. The number of nitriles is 1. The Kier molecular flexibility index (Phi) is 11.9. The highest BCUT2D eigenvalue weighted by atomic mass is 32.2. The Bertz CT molecular complexity index is 1900. The fourth-order valence-corrected chi connectivity index (χ4v) is 7.60. The van der Waals surface area contributed by atoms with E-state index < -0.39 is 5.41 Å². The average Bonchev–Trinajstić information content (AvgIpc) is 3.48. The van der Waals surface area contributed by atoms with Crippen LogP contribution in [0.4, 0.5) is 11.4 Å². The summed E-state index contributed by atoms with van der Waals surface area (Å²) < 4.78 is 0. The lowest BCUT2D eigenvalue weighted by molar-refractivity contribution is -0.107. The van der Waals surface area contributed by atoms with Crippen LogP contribution in [0.1, 0.15) is 80.8 Å². The maximum absolute atomic E-state index is 13.7. The summed E-state index contributed by atoms with van der Waals surface area (Å²) in [5.41, 5.74) is 5.11. The highest BCUT2D eigenvalue weighted by Crippen LogP contribution is 2.44. The SMILES string of the molecule is CCCN1/C(=C/C=C(C#N)/C=C/CC(C)(CC(=O)c2ccccc2)c2cc(CC)ccc2NCCC=O)Sc2ccc3c(c21)=CCCC=3. The van der Waals surface area contributed by atoms with E-state index in [1.165, 1.54) is 26.6 Å². The highest BCUT2D eigenvalue weighted by Gasteiger charge is 2.32. The second kappa shape index (κ2) is 16.5. The van der Waals surface area contributed by atoms with Crippen molar-refractivity contribution in [3.05, 3.63) is 123 Å². The molecule has 3 aromatic rings. The van der Waals surface area contributed by atoms with Crippen molar-refractivity contribution in [2.75, 3.05) is 23.3 Å². The first-order chi connectivity index (χ1) is 23.4. The molecule has 0 aromatic heterocycles. The first-order valence-corrected chi connectivity index (χ1v) is 17.9. The minimum atomic E-state index is -0.565. The van der Waals surface area contributed by atoms with E-state index >= 15 is 0 Å². The molecule has 1 unspecified atom stereocenters. The van der Waals surface area contributed by atoms with Crippen LogP contribution in [0, 0.1) is 11.3 Å². The van der Waals surface area contributed by atoms with Crippen LogP contribution >= 0.6 is 11.8 Å². The van der Waals surface area contributed by atoms with Crippen molar-refractivity contribution < 1.29 is 9.59 Å². The zero-order valence-corrected chi connectivity index (χ0v) is 29.1. The number of allylic oxidation sites excluding steroid dienone is 5. The standard InChI is InChI=1S/C42H45N3O2S/c1-4-26-45-40(48-39-22-20-33-14-9-10-17-35(33)41(39)45)23-19-32(30-43)13-11-24-42(3,29-38(47)34-15-7-6-8-16-34)36-28-31(5-2)18-21-37(36)44-25-12-27-46/h6-8,11,13-23,27-28,44H,4-5,9-10,12,24-26,29H2,1-3H3/b13-11+,32-19-,40-23-. The van der Waals surface area contributed by atoms with E-state index in [-0.39, 0.29) is 5.78 Å². The summed E-state index contributed by atoms with van der Waals surface area (Å²) in [6.07, 6.45) is 18.8. The van der Waals surface area contributed by atoms with Gasteiger partial charge in [0.15, 0.2) is 5.78 Å². The number of benzene rings is 3. The van der Waals surface area contributed by atoms with Crippen LogP contribution in [0.5, 0.6) is 0 Å². The number of ketones is 1. The highest BCUT2D eigenvalue weighted by molar-refractivity contribution is 8.03. The number of carbonyl (C=O) groups is 2. The molecule has 0 fully saturated rings. The number of anilines is 2. The molecular weight excluding hydrogens is 611 g/mol. The lowest BCUT2D eigenvalue weighted by Gasteiger charge is -2.32. The Hall–Kier alpha value is -4.60. The van der Waals surface area contributed by atoms with Gasteiger partial charge < -0.3 is 15.0 Å². The van der Waals surface area contributed by atoms with E-state index in [2.05, 4.69) is 85.6 Å². The number of rotatable bonds is 15. The molecule has 0 amide bonds. The number of nitrogens with zero attached hydrogens (tertiary/aromatic N) is 2. The number of Topliss-reactive ketones (excluding diaryl/α,β-unsaturated/α-hetero) is 1. The van der Waals surface area contributed by atoms with Crippen molar-refractivity contribution in [1.29, 1.82) is 5.26 Å². The van der Waals surface area contributed by atoms with Gasteiger partial charge in [-0.15, -0.1) is 0 Å². The first kappa shape index (κ1) is 34.7. The van der Waals surface area contributed by atoms with Crippen molar-refractivity contribution in [2.24, 2.45) is 0 Å². The number of nitrogens with one attached hydrogen (secondary N) is 1. The van der Waals surface area contributed by atoms with Gasteiger partial charge in [-0.1, -0.05) is 99.3 Å². The summed E-state index contributed by atoms with van der Waals surface area (Å²) >= 11 is 1.76. The predicted octanol–water partition coefficient (Wildman–Crippen LogP) is 8.40. The van der Waals surface area contributed by atoms with Crippen molar-refractivity contribution in [1.82, 2.24) is 0 Å². The molecular formula is C42H45N3O2S. The molecule has 6 heteroatoms. The predicted molar refractivity (Wildman–Crippen MR) is 201 cm³/mol. The Labute approximate surface area is 289 Å². The normalized spacial score (nSPS) is 16.0. The van der Waals surface area contributed by atoms with Gasteiger partial charge in [-0.3, -0.25) is 4.79 Å². The van der Waals surface area contributed by atoms with Crippen molar-refractivity contribution in [3.63, 3.8) is 0 Å². The Morgan fingerprint density at radius 2 is 1.90 bits per heavy atom. The molecule has 246 valence electrons. The smallest absolute Gasteiger partial charge is 0.163 e. The van der Waals surface area contributed by atoms with Crippen LogP contribution in [0.25, 0.3) is 12.2 Å². The van der Waals surface area contributed by atoms with E-state index in [0.717, 1.165) is 54.8 Å². The number of carbonyl (C=O) groups excluding carboxylic acids is 2. The van der Waals surface area contributed by atoms with Gasteiger partial charge in [0.1, 0.15) is 6.29 Å². The van der Waals surface area contributed by atoms with E-state index in [0.29, 0.717) is 36.9 Å². The molecule has 0 bridgehead atoms. The third-order valence-corrected chi connectivity index (χ3v) is 10.2. The first-order valence-electron chi connectivity index (χ1n) is 17.1. The average molecular weight is 656 g/mol. The Morgan fingerprint density at radius 3 is 2.65 bits per heavy atom.